The minimum Gasteiger partial charge on any atom is -0.393 e. The summed E-state index contributed by atoms with van der Waals surface area (Å²) in [5, 5.41) is 9.45. The van der Waals surface area contributed by atoms with Gasteiger partial charge in [0.15, 0.2) is 0 Å². The fraction of sp³-hybridized carbons (Fsp3) is 0.800. The molecule has 0 amide bonds. The predicted molar refractivity (Wildman–Crippen MR) is 47.6 cm³/mol. The minimum atomic E-state index is -0.109. The van der Waals surface area contributed by atoms with Crippen LogP contribution >= 0.6 is 0 Å². The second-order valence-corrected chi connectivity index (χ2v) is 3.25. The number of hydrogen-bond acceptors (Lipinski definition) is 2. The summed E-state index contributed by atoms with van der Waals surface area (Å²) >= 11 is 0. The summed E-state index contributed by atoms with van der Waals surface area (Å²) in [6.07, 6.45) is 3.95. The molecule has 0 aliphatic heterocycles. The molecular weight excluding hydrogens is 152 g/mol. The molecule has 2 heteroatoms. The molecule has 2 nitrogen and oxygen atoms in total. The number of rotatable bonds is 2. The standard InChI is InChI=1S/C10H16O2/c1-12-8-3-2-5-9-6-4-7-10(9)11/h9-11H,4-8H2,1H3. The molecule has 12 heavy (non-hydrogen) atoms. The zero-order valence-corrected chi connectivity index (χ0v) is 7.55. The molecule has 0 heterocycles. The van der Waals surface area contributed by atoms with Gasteiger partial charge in [0.05, 0.1) is 6.10 Å². The van der Waals surface area contributed by atoms with Crippen LogP contribution in [-0.2, 0) is 4.74 Å². The van der Waals surface area contributed by atoms with Crippen molar-refractivity contribution >= 4 is 0 Å². The van der Waals surface area contributed by atoms with Crippen molar-refractivity contribution in [3.63, 3.8) is 0 Å². The van der Waals surface area contributed by atoms with E-state index in [1.165, 1.54) is 0 Å². The first kappa shape index (κ1) is 9.57. The van der Waals surface area contributed by atoms with Crippen LogP contribution in [0.25, 0.3) is 0 Å². The Morgan fingerprint density at radius 3 is 2.83 bits per heavy atom. The van der Waals surface area contributed by atoms with Crippen molar-refractivity contribution in [2.24, 2.45) is 5.92 Å². The number of methoxy groups -OCH3 is 1. The summed E-state index contributed by atoms with van der Waals surface area (Å²) in [7, 11) is 1.64. The fourth-order valence-corrected chi connectivity index (χ4v) is 1.58. The Hall–Kier alpha value is -0.520. The monoisotopic (exact) mass is 168 g/mol. The number of aliphatic hydroxyl groups excluding tert-OH is 1. The SMILES string of the molecule is COCC#CCC1CCCC1O. The highest BCUT2D eigenvalue weighted by Gasteiger charge is 2.23. The summed E-state index contributed by atoms with van der Waals surface area (Å²) in [5.74, 6) is 6.33. The van der Waals surface area contributed by atoms with E-state index in [0.29, 0.717) is 12.5 Å². The molecular formula is C10H16O2. The highest BCUT2D eigenvalue weighted by molar-refractivity contribution is 5.01. The third-order valence-electron chi connectivity index (χ3n) is 2.32. The van der Waals surface area contributed by atoms with Gasteiger partial charge in [-0.2, -0.15) is 0 Å². The molecule has 2 atom stereocenters. The van der Waals surface area contributed by atoms with Gasteiger partial charge in [0.1, 0.15) is 6.61 Å². The van der Waals surface area contributed by atoms with Gasteiger partial charge in [0.2, 0.25) is 0 Å². The summed E-state index contributed by atoms with van der Waals surface area (Å²) in [6, 6.07) is 0. The molecule has 0 radical (unpaired) electrons. The number of hydrogen-bond donors (Lipinski definition) is 1. The zero-order valence-electron chi connectivity index (χ0n) is 7.55. The Bertz CT molecular complexity index is 178. The lowest BCUT2D eigenvalue weighted by Crippen LogP contribution is -2.11. The van der Waals surface area contributed by atoms with E-state index in [0.717, 1.165) is 25.7 Å². The fourth-order valence-electron chi connectivity index (χ4n) is 1.58. The second-order valence-electron chi connectivity index (χ2n) is 3.25. The normalized spacial score (nSPS) is 28.2. The lowest BCUT2D eigenvalue weighted by atomic mass is 10.0. The van der Waals surface area contributed by atoms with Gasteiger partial charge in [0, 0.05) is 13.5 Å². The molecule has 0 saturated heterocycles. The Morgan fingerprint density at radius 2 is 2.25 bits per heavy atom. The molecule has 2 unspecified atom stereocenters. The molecule has 1 fully saturated rings. The van der Waals surface area contributed by atoms with Crippen molar-refractivity contribution in [3.05, 3.63) is 0 Å². The first-order valence-corrected chi connectivity index (χ1v) is 4.47. The van der Waals surface area contributed by atoms with E-state index in [1.807, 2.05) is 0 Å². The van der Waals surface area contributed by atoms with Crippen LogP contribution in [0.4, 0.5) is 0 Å². The summed E-state index contributed by atoms with van der Waals surface area (Å²) in [6.45, 7) is 0.503. The van der Waals surface area contributed by atoms with Crippen molar-refractivity contribution in [1.82, 2.24) is 0 Å². The van der Waals surface area contributed by atoms with Crippen LogP contribution in [0, 0.1) is 17.8 Å². The summed E-state index contributed by atoms with van der Waals surface area (Å²) in [5.41, 5.74) is 0. The highest BCUT2D eigenvalue weighted by atomic mass is 16.5. The summed E-state index contributed by atoms with van der Waals surface area (Å²) < 4.78 is 4.80. The predicted octanol–water partition coefficient (Wildman–Crippen LogP) is 1.19. The van der Waals surface area contributed by atoms with E-state index in [2.05, 4.69) is 11.8 Å². The third-order valence-corrected chi connectivity index (χ3v) is 2.32. The molecule has 68 valence electrons. The second kappa shape index (κ2) is 5.18. The van der Waals surface area contributed by atoms with E-state index in [4.69, 9.17) is 4.74 Å². The zero-order chi connectivity index (χ0) is 8.81. The van der Waals surface area contributed by atoms with Crippen LogP contribution in [0.15, 0.2) is 0 Å². The third kappa shape index (κ3) is 2.84. The van der Waals surface area contributed by atoms with Crippen molar-refractivity contribution < 1.29 is 9.84 Å². The van der Waals surface area contributed by atoms with Crippen LogP contribution in [-0.4, -0.2) is 24.9 Å². The quantitative estimate of drug-likeness (QED) is 0.627. The molecule has 1 aliphatic carbocycles. The van der Waals surface area contributed by atoms with Gasteiger partial charge in [-0.3, -0.25) is 0 Å². The van der Waals surface area contributed by atoms with Crippen molar-refractivity contribution in [3.8, 4) is 11.8 Å². The van der Waals surface area contributed by atoms with Gasteiger partial charge in [-0.1, -0.05) is 12.3 Å². The van der Waals surface area contributed by atoms with E-state index < -0.39 is 0 Å². The minimum absolute atomic E-state index is 0.109. The van der Waals surface area contributed by atoms with Crippen LogP contribution in [0.2, 0.25) is 0 Å². The molecule has 1 aliphatic rings. The van der Waals surface area contributed by atoms with Crippen molar-refractivity contribution in [2.45, 2.75) is 31.8 Å². The van der Waals surface area contributed by atoms with E-state index >= 15 is 0 Å². The van der Waals surface area contributed by atoms with Gasteiger partial charge >= 0.3 is 0 Å². The van der Waals surface area contributed by atoms with Crippen LogP contribution in [0.3, 0.4) is 0 Å². The average Bonchev–Trinajstić information content (AvgIpc) is 2.46. The van der Waals surface area contributed by atoms with E-state index in [-0.39, 0.29) is 6.10 Å². The maximum Gasteiger partial charge on any atom is 0.107 e. The van der Waals surface area contributed by atoms with Crippen molar-refractivity contribution in [1.29, 1.82) is 0 Å². The smallest absolute Gasteiger partial charge is 0.107 e. The first-order valence-electron chi connectivity index (χ1n) is 4.47. The van der Waals surface area contributed by atoms with Gasteiger partial charge in [-0.15, -0.1) is 5.92 Å². The Morgan fingerprint density at radius 1 is 1.42 bits per heavy atom. The largest absolute Gasteiger partial charge is 0.393 e. The number of ether oxygens (including phenoxy) is 1. The van der Waals surface area contributed by atoms with Gasteiger partial charge in [-0.05, 0) is 18.8 Å². The molecule has 1 rings (SSSR count). The maximum absolute atomic E-state index is 9.45. The van der Waals surface area contributed by atoms with Crippen LogP contribution < -0.4 is 0 Å². The van der Waals surface area contributed by atoms with Gasteiger partial charge < -0.3 is 9.84 Å². The Balaban J connectivity index is 2.19. The Kier molecular flexibility index (Phi) is 4.13. The molecule has 0 spiro atoms. The van der Waals surface area contributed by atoms with Crippen LogP contribution in [0.1, 0.15) is 25.7 Å². The lowest BCUT2D eigenvalue weighted by Gasteiger charge is -2.09. The van der Waals surface area contributed by atoms with Gasteiger partial charge in [0.25, 0.3) is 0 Å². The van der Waals surface area contributed by atoms with E-state index in [1.54, 1.807) is 7.11 Å². The summed E-state index contributed by atoms with van der Waals surface area (Å²) in [4.78, 5) is 0. The average molecular weight is 168 g/mol. The molecule has 1 N–H and O–H groups in total. The first-order chi connectivity index (χ1) is 5.84. The molecule has 1 saturated carbocycles. The maximum atomic E-state index is 9.45. The number of aliphatic hydroxyl groups is 1. The molecule has 0 aromatic carbocycles. The molecule has 0 aromatic heterocycles. The van der Waals surface area contributed by atoms with Crippen molar-refractivity contribution in [2.75, 3.05) is 13.7 Å². The van der Waals surface area contributed by atoms with E-state index in [9.17, 15) is 5.11 Å². The Labute approximate surface area is 73.9 Å². The highest BCUT2D eigenvalue weighted by Crippen LogP contribution is 2.27. The topological polar surface area (TPSA) is 29.5 Å². The lowest BCUT2D eigenvalue weighted by molar-refractivity contribution is 0.135. The molecule has 0 aromatic rings. The van der Waals surface area contributed by atoms with Gasteiger partial charge in [-0.25, -0.2) is 0 Å². The van der Waals surface area contributed by atoms with Crippen LogP contribution in [0.5, 0.6) is 0 Å². The molecule has 0 bridgehead atoms.